The van der Waals surface area contributed by atoms with E-state index in [4.69, 9.17) is 0 Å². The number of aryl methyl sites for hydroxylation is 1. The molecular formula is C14H19NO2. The smallest absolute Gasteiger partial charge is 0.251 e. The number of nitrogens with one attached hydrogen (secondary N) is 1. The first kappa shape index (κ1) is 12.1. The minimum atomic E-state index is -0.381. The molecule has 0 aromatic heterocycles. The van der Waals surface area contributed by atoms with Gasteiger partial charge in [0.05, 0.1) is 6.10 Å². The molecule has 0 saturated heterocycles. The molecule has 1 unspecified atom stereocenters. The molecule has 2 rings (SSSR count). The molecule has 92 valence electrons. The van der Waals surface area contributed by atoms with E-state index in [9.17, 15) is 9.90 Å². The van der Waals surface area contributed by atoms with Crippen LogP contribution >= 0.6 is 0 Å². The lowest BCUT2D eigenvalue weighted by Gasteiger charge is -2.10. The van der Waals surface area contributed by atoms with Crippen LogP contribution in [0, 0.1) is 5.92 Å². The summed E-state index contributed by atoms with van der Waals surface area (Å²) in [4.78, 5) is 11.8. The van der Waals surface area contributed by atoms with Gasteiger partial charge >= 0.3 is 0 Å². The molecule has 0 aliphatic heterocycles. The van der Waals surface area contributed by atoms with E-state index in [1.807, 2.05) is 24.3 Å². The second-order valence-corrected chi connectivity index (χ2v) is 4.67. The molecular weight excluding hydrogens is 214 g/mol. The van der Waals surface area contributed by atoms with Crippen molar-refractivity contribution in [1.82, 2.24) is 5.32 Å². The third-order valence-electron chi connectivity index (χ3n) is 3.26. The summed E-state index contributed by atoms with van der Waals surface area (Å²) >= 11 is 0. The van der Waals surface area contributed by atoms with Gasteiger partial charge in [0.2, 0.25) is 0 Å². The second-order valence-electron chi connectivity index (χ2n) is 4.67. The van der Waals surface area contributed by atoms with Gasteiger partial charge in [-0.05, 0) is 42.9 Å². The van der Waals surface area contributed by atoms with Gasteiger partial charge in [0.25, 0.3) is 5.91 Å². The predicted molar refractivity (Wildman–Crippen MR) is 66.9 cm³/mol. The summed E-state index contributed by atoms with van der Waals surface area (Å²) in [5, 5.41) is 12.4. The molecule has 1 aliphatic rings. The number of carbonyl (C=O) groups is 1. The van der Waals surface area contributed by atoms with E-state index in [0.717, 1.165) is 19.3 Å². The normalized spacial score (nSPS) is 16.6. The summed E-state index contributed by atoms with van der Waals surface area (Å²) in [5.41, 5.74) is 1.88. The summed E-state index contributed by atoms with van der Waals surface area (Å²) in [6, 6.07) is 7.59. The minimum absolute atomic E-state index is 0.104. The fourth-order valence-electron chi connectivity index (χ4n) is 1.84. The Kier molecular flexibility index (Phi) is 3.79. The number of aliphatic hydroxyl groups is 1. The molecule has 1 amide bonds. The number of carbonyl (C=O) groups excluding carboxylic acids is 1. The van der Waals surface area contributed by atoms with Gasteiger partial charge in [-0.15, -0.1) is 0 Å². The molecule has 17 heavy (non-hydrogen) atoms. The van der Waals surface area contributed by atoms with Crippen LogP contribution < -0.4 is 5.32 Å². The molecule has 1 aliphatic carbocycles. The van der Waals surface area contributed by atoms with Crippen LogP contribution in [0.2, 0.25) is 0 Å². The lowest BCUT2D eigenvalue weighted by atomic mass is 10.1. The van der Waals surface area contributed by atoms with Crippen molar-refractivity contribution in [1.29, 1.82) is 0 Å². The van der Waals surface area contributed by atoms with E-state index < -0.39 is 0 Å². The van der Waals surface area contributed by atoms with Crippen molar-refractivity contribution < 1.29 is 9.90 Å². The monoisotopic (exact) mass is 233 g/mol. The van der Waals surface area contributed by atoms with Crippen LogP contribution in [-0.2, 0) is 6.42 Å². The highest BCUT2D eigenvalue weighted by Gasteiger charge is 2.29. The van der Waals surface area contributed by atoms with Gasteiger partial charge in [0.15, 0.2) is 0 Å². The molecule has 3 nitrogen and oxygen atoms in total. The topological polar surface area (TPSA) is 49.3 Å². The zero-order chi connectivity index (χ0) is 12.3. The van der Waals surface area contributed by atoms with Crippen molar-refractivity contribution >= 4 is 5.91 Å². The van der Waals surface area contributed by atoms with E-state index >= 15 is 0 Å². The number of hydrogen-bond acceptors (Lipinski definition) is 2. The highest BCUT2D eigenvalue weighted by molar-refractivity contribution is 5.94. The zero-order valence-corrected chi connectivity index (χ0v) is 10.1. The van der Waals surface area contributed by atoms with Crippen LogP contribution in [0.15, 0.2) is 24.3 Å². The number of benzene rings is 1. The molecule has 0 radical (unpaired) electrons. The Morgan fingerprint density at radius 3 is 2.59 bits per heavy atom. The molecule has 0 bridgehead atoms. The van der Waals surface area contributed by atoms with Crippen molar-refractivity contribution in [3.05, 3.63) is 35.4 Å². The van der Waals surface area contributed by atoms with Crippen LogP contribution in [-0.4, -0.2) is 23.7 Å². The maximum Gasteiger partial charge on any atom is 0.251 e. The number of hydrogen-bond donors (Lipinski definition) is 2. The van der Waals surface area contributed by atoms with E-state index in [1.54, 1.807) is 0 Å². The van der Waals surface area contributed by atoms with Crippen molar-refractivity contribution in [3.8, 4) is 0 Å². The molecule has 1 saturated carbocycles. The van der Waals surface area contributed by atoms with E-state index in [0.29, 0.717) is 18.0 Å². The highest BCUT2D eigenvalue weighted by Crippen LogP contribution is 2.32. The van der Waals surface area contributed by atoms with Gasteiger partial charge in [-0.2, -0.15) is 0 Å². The Hall–Kier alpha value is -1.35. The summed E-state index contributed by atoms with van der Waals surface area (Å²) in [5.74, 6) is 0.296. The lowest BCUT2D eigenvalue weighted by Crippen LogP contribution is -2.33. The SMILES string of the molecule is CCc1ccc(C(=O)NCC(O)C2CC2)cc1. The quantitative estimate of drug-likeness (QED) is 0.814. The van der Waals surface area contributed by atoms with Crippen molar-refractivity contribution in [2.24, 2.45) is 5.92 Å². The number of aliphatic hydroxyl groups excluding tert-OH is 1. The molecule has 0 spiro atoms. The fraction of sp³-hybridized carbons (Fsp3) is 0.500. The van der Waals surface area contributed by atoms with Crippen molar-refractivity contribution in [3.63, 3.8) is 0 Å². The predicted octanol–water partition coefficient (Wildman–Crippen LogP) is 1.75. The molecule has 3 heteroatoms. The Bertz CT molecular complexity index is 382. The Balaban J connectivity index is 1.85. The summed E-state index contributed by atoms with van der Waals surface area (Å²) in [6.45, 7) is 2.44. The van der Waals surface area contributed by atoms with Gasteiger partial charge in [-0.3, -0.25) is 4.79 Å². The fourth-order valence-corrected chi connectivity index (χ4v) is 1.84. The first-order valence-electron chi connectivity index (χ1n) is 6.26. The van der Waals surface area contributed by atoms with Crippen LogP contribution in [0.5, 0.6) is 0 Å². The number of rotatable bonds is 5. The molecule has 1 fully saturated rings. The molecule has 1 aromatic carbocycles. The first-order chi connectivity index (χ1) is 8.20. The Morgan fingerprint density at radius 2 is 2.06 bits per heavy atom. The second kappa shape index (κ2) is 5.32. The van der Waals surface area contributed by atoms with Gasteiger partial charge in [-0.1, -0.05) is 19.1 Å². The summed E-state index contributed by atoms with van der Waals surface area (Å²) < 4.78 is 0. The van der Waals surface area contributed by atoms with E-state index in [2.05, 4.69) is 12.2 Å². The lowest BCUT2D eigenvalue weighted by molar-refractivity contribution is 0.0901. The molecule has 0 heterocycles. The average Bonchev–Trinajstić information content (AvgIpc) is 3.20. The largest absolute Gasteiger partial charge is 0.391 e. The average molecular weight is 233 g/mol. The maximum atomic E-state index is 11.8. The first-order valence-corrected chi connectivity index (χ1v) is 6.26. The molecule has 1 aromatic rings. The standard InChI is InChI=1S/C14H19NO2/c1-2-10-3-5-12(6-4-10)14(17)15-9-13(16)11-7-8-11/h3-6,11,13,16H,2,7-9H2,1H3,(H,15,17). The van der Waals surface area contributed by atoms with Crippen molar-refractivity contribution in [2.75, 3.05) is 6.54 Å². The van der Waals surface area contributed by atoms with E-state index in [1.165, 1.54) is 5.56 Å². The number of amides is 1. The molecule has 2 N–H and O–H groups in total. The Morgan fingerprint density at radius 1 is 1.41 bits per heavy atom. The van der Waals surface area contributed by atoms with Crippen molar-refractivity contribution in [2.45, 2.75) is 32.3 Å². The van der Waals surface area contributed by atoms with Gasteiger partial charge in [0.1, 0.15) is 0 Å². The highest BCUT2D eigenvalue weighted by atomic mass is 16.3. The Labute approximate surface area is 102 Å². The van der Waals surface area contributed by atoms with Crippen LogP contribution in [0.4, 0.5) is 0 Å². The van der Waals surface area contributed by atoms with Crippen LogP contribution in [0.3, 0.4) is 0 Å². The van der Waals surface area contributed by atoms with Crippen LogP contribution in [0.25, 0.3) is 0 Å². The van der Waals surface area contributed by atoms with Gasteiger partial charge in [-0.25, -0.2) is 0 Å². The van der Waals surface area contributed by atoms with Gasteiger partial charge in [0, 0.05) is 12.1 Å². The summed E-state index contributed by atoms with van der Waals surface area (Å²) in [7, 11) is 0. The third-order valence-corrected chi connectivity index (χ3v) is 3.26. The summed E-state index contributed by atoms with van der Waals surface area (Å²) in [6.07, 6.45) is 2.76. The maximum absolute atomic E-state index is 11.8. The minimum Gasteiger partial charge on any atom is -0.391 e. The molecule has 1 atom stereocenters. The third kappa shape index (κ3) is 3.30. The van der Waals surface area contributed by atoms with Gasteiger partial charge < -0.3 is 10.4 Å². The van der Waals surface area contributed by atoms with E-state index in [-0.39, 0.29) is 12.0 Å². The van der Waals surface area contributed by atoms with Crippen LogP contribution in [0.1, 0.15) is 35.7 Å². The zero-order valence-electron chi connectivity index (χ0n) is 10.1.